The Bertz CT molecular complexity index is 1470. The first kappa shape index (κ1) is 18.8. The van der Waals surface area contributed by atoms with Gasteiger partial charge in [0, 0.05) is 47.7 Å². The maximum atomic E-state index is 13.5. The van der Waals surface area contributed by atoms with Crippen LogP contribution in [0.3, 0.4) is 0 Å². The van der Waals surface area contributed by atoms with Crippen LogP contribution < -0.4 is 15.5 Å². The lowest BCUT2D eigenvalue weighted by molar-refractivity contribution is 0.0893. The topological polar surface area (TPSA) is 87.6 Å². The summed E-state index contributed by atoms with van der Waals surface area (Å²) in [5.41, 5.74) is 3.45. The molecule has 0 radical (unpaired) electrons. The summed E-state index contributed by atoms with van der Waals surface area (Å²) in [6, 6.07) is 14.4. The number of anilines is 2. The summed E-state index contributed by atoms with van der Waals surface area (Å²) in [4.78, 5) is 45.2. The van der Waals surface area contributed by atoms with Gasteiger partial charge in [-0.1, -0.05) is 12.1 Å². The Morgan fingerprint density at radius 1 is 0.906 bits per heavy atom. The van der Waals surface area contributed by atoms with Crippen molar-refractivity contribution in [3.63, 3.8) is 0 Å². The molecule has 1 fully saturated rings. The number of morpholine rings is 1. The van der Waals surface area contributed by atoms with E-state index < -0.39 is 0 Å². The molecule has 0 atom stereocenters. The minimum atomic E-state index is -0.368. The van der Waals surface area contributed by atoms with Crippen LogP contribution in [0.25, 0.3) is 21.8 Å². The summed E-state index contributed by atoms with van der Waals surface area (Å²) in [6.07, 6.45) is 0. The number of benzene rings is 3. The number of fused-ring (bicyclic) bond motifs is 1. The summed E-state index contributed by atoms with van der Waals surface area (Å²) < 4.78 is 6.93. The summed E-state index contributed by atoms with van der Waals surface area (Å²) in [5.74, 6) is -0.737. The van der Waals surface area contributed by atoms with E-state index in [9.17, 15) is 14.4 Å². The van der Waals surface area contributed by atoms with Crippen molar-refractivity contribution >= 4 is 45.0 Å². The molecular weight excluding hydrogens is 408 g/mol. The second-order valence-electron chi connectivity index (χ2n) is 8.10. The van der Waals surface area contributed by atoms with Crippen LogP contribution in [-0.2, 0) is 11.8 Å². The molecule has 8 heteroatoms. The van der Waals surface area contributed by atoms with Crippen molar-refractivity contribution < 1.29 is 14.3 Å². The monoisotopic (exact) mass is 428 g/mol. The number of carbonyl (C=O) groups is 2. The van der Waals surface area contributed by atoms with Gasteiger partial charge < -0.3 is 14.6 Å². The number of carbonyl (C=O) groups excluding carboxylic acids is 2. The van der Waals surface area contributed by atoms with E-state index in [-0.39, 0.29) is 17.5 Å². The highest BCUT2D eigenvalue weighted by molar-refractivity contribution is 6.36. The number of imidazole rings is 1. The molecule has 0 bridgehead atoms. The first-order valence-corrected chi connectivity index (χ1v) is 10.5. The van der Waals surface area contributed by atoms with E-state index in [1.54, 1.807) is 31.3 Å². The van der Waals surface area contributed by atoms with Gasteiger partial charge >= 0.3 is 5.69 Å². The standard InChI is InChI=1S/C24H20N4O4/c1-26-20-13-14(5-7-18(20)25-24(26)31)28-22(29)16-4-2-3-15-19(27-9-11-32-12-10-27)8-6-17(21(15)16)23(28)30/h2-8,13H,9-12H2,1H3,(H,25,31). The lowest BCUT2D eigenvalue weighted by Gasteiger charge is -2.32. The van der Waals surface area contributed by atoms with Gasteiger partial charge in [-0.3, -0.25) is 14.2 Å². The Hall–Kier alpha value is -3.91. The number of nitrogens with one attached hydrogen (secondary N) is 1. The lowest BCUT2D eigenvalue weighted by Crippen LogP contribution is -2.41. The highest BCUT2D eigenvalue weighted by Crippen LogP contribution is 2.38. The van der Waals surface area contributed by atoms with Crippen LogP contribution in [0.2, 0.25) is 0 Å². The average molecular weight is 428 g/mol. The maximum Gasteiger partial charge on any atom is 0.326 e. The zero-order chi connectivity index (χ0) is 22.0. The molecule has 0 aliphatic carbocycles. The van der Waals surface area contributed by atoms with E-state index in [4.69, 9.17) is 4.74 Å². The van der Waals surface area contributed by atoms with Crippen molar-refractivity contribution in [3.8, 4) is 0 Å². The minimum absolute atomic E-state index is 0.251. The summed E-state index contributed by atoms with van der Waals surface area (Å²) in [6.45, 7) is 2.83. The fourth-order valence-corrected chi connectivity index (χ4v) is 4.75. The minimum Gasteiger partial charge on any atom is -0.378 e. The smallest absolute Gasteiger partial charge is 0.326 e. The van der Waals surface area contributed by atoms with Crippen LogP contribution in [0, 0.1) is 0 Å². The molecule has 4 aromatic rings. The van der Waals surface area contributed by atoms with Crippen molar-refractivity contribution in [1.29, 1.82) is 0 Å². The Balaban J connectivity index is 1.52. The average Bonchev–Trinajstić information content (AvgIpc) is 3.11. The van der Waals surface area contributed by atoms with Crippen LogP contribution in [0.4, 0.5) is 11.4 Å². The normalized spacial score (nSPS) is 16.4. The Labute approximate surface area is 182 Å². The first-order chi connectivity index (χ1) is 15.5. The van der Waals surface area contributed by atoms with Crippen LogP contribution in [0.1, 0.15) is 20.7 Å². The largest absolute Gasteiger partial charge is 0.378 e. The van der Waals surface area contributed by atoms with E-state index in [0.29, 0.717) is 46.4 Å². The van der Waals surface area contributed by atoms with Gasteiger partial charge in [-0.05, 0) is 36.4 Å². The quantitative estimate of drug-likeness (QED) is 0.496. The van der Waals surface area contributed by atoms with Crippen molar-refractivity contribution in [1.82, 2.24) is 9.55 Å². The van der Waals surface area contributed by atoms with Gasteiger partial charge in [0.25, 0.3) is 11.8 Å². The Morgan fingerprint density at radius 3 is 2.44 bits per heavy atom. The van der Waals surface area contributed by atoms with E-state index >= 15 is 0 Å². The molecule has 0 unspecified atom stereocenters. The number of ether oxygens (including phenoxy) is 1. The molecule has 32 heavy (non-hydrogen) atoms. The fraction of sp³-hybridized carbons (Fsp3) is 0.208. The SMILES string of the molecule is Cn1c(=O)[nH]c2ccc(N3C(=O)c4cccc5c(N6CCOCC6)ccc(c45)C3=O)cc21. The fourth-order valence-electron chi connectivity index (χ4n) is 4.75. The molecule has 0 spiro atoms. The molecule has 6 rings (SSSR count). The summed E-state index contributed by atoms with van der Waals surface area (Å²) in [7, 11) is 1.65. The summed E-state index contributed by atoms with van der Waals surface area (Å²) >= 11 is 0. The zero-order valence-corrected chi connectivity index (χ0v) is 17.4. The van der Waals surface area contributed by atoms with Gasteiger partial charge in [0.2, 0.25) is 0 Å². The van der Waals surface area contributed by atoms with Gasteiger partial charge in [-0.15, -0.1) is 0 Å². The third-order valence-corrected chi connectivity index (χ3v) is 6.38. The first-order valence-electron chi connectivity index (χ1n) is 10.5. The number of hydrogen-bond donors (Lipinski definition) is 1. The summed E-state index contributed by atoms with van der Waals surface area (Å²) in [5, 5.41) is 1.59. The predicted molar refractivity (Wildman–Crippen MR) is 122 cm³/mol. The van der Waals surface area contributed by atoms with Gasteiger partial charge in [0.15, 0.2) is 0 Å². The second-order valence-corrected chi connectivity index (χ2v) is 8.10. The second kappa shape index (κ2) is 6.80. The molecule has 1 N–H and O–H groups in total. The van der Waals surface area contributed by atoms with Gasteiger partial charge in [-0.25, -0.2) is 9.69 Å². The Kier molecular flexibility index (Phi) is 4.00. The van der Waals surface area contributed by atoms with Crippen LogP contribution in [0.5, 0.6) is 0 Å². The number of H-pyrrole nitrogens is 1. The van der Waals surface area contributed by atoms with Gasteiger partial charge in [0.1, 0.15) is 0 Å². The molecule has 2 amide bonds. The number of amides is 2. The number of aromatic nitrogens is 2. The Morgan fingerprint density at radius 2 is 1.66 bits per heavy atom. The lowest BCUT2D eigenvalue weighted by atomic mass is 9.92. The number of nitrogens with zero attached hydrogens (tertiary/aromatic N) is 3. The van der Waals surface area contributed by atoms with Crippen molar-refractivity contribution in [3.05, 3.63) is 70.1 Å². The molecular formula is C24H20N4O4. The highest BCUT2D eigenvalue weighted by atomic mass is 16.5. The number of aromatic amines is 1. The molecule has 2 aliphatic heterocycles. The number of imide groups is 1. The van der Waals surface area contributed by atoms with E-state index in [0.717, 1.165) is 24.2 Å². The molecule has 1 saturated heterocycles. The highest BCUT2D eigenvalue weighted by Gasteiger charge is 2.35. The van der Waals surface area contributed by atoms with Crippen LogP contribution in [-0.4, -0.2) is 47.7 Å². The zero-order valence-electron chi connectivity index (χ0n) is 17.4. The molecule has 160 valence electrons. The molecule has 3 heterocycles. The van der Waals surface area contributed by atoms with Crippen molar-refractivity contribution in [2.24, 2.45) is 7.05 Å². The predicted octanol–water partition coefficient (Wildman–Crippen LogP) is 2.66. The van der Waals surface area contributed by atoms with Crippen LogP contribution in [0.15, 0.2) is 53.3 Å². The molecule has 2 aliphatic rings. The van der Waals surface area contributed by atoms with Crippen molar-refractivity contribution in [2.45, 2.75) is 0 Å². The van der Waals surface area contributed by atoms with E-state index in [2.05, 4.69) is 9.88 Å². The third-order valence-electron chi connectivity index (χ3n) is 6.38. The third kappa shape index (κ3) is 2.56. The van der Waals surface area contributed by atoms with Crippen LogP contribution >= 0.6 is 0 Å². The van der Waals surface area contributed by atoms with Gasteiger partial charge in [0.05, 0.1) is 29.9 Å². The van der Waals surface area contributed by atoms with E-state index in [1.165, 1.54) is 9.47 Å². The maximum absolute atomic E-state index is 13.5. The number of hydrogen-bond acceptors (Lipinski definition) is 5. The molecule has 0 saturated carbocycles. The van der Waals surface area contributed by atoms with Crippen molar-refractivity contribution in [2.75, 3.05) is 36.1 Å². The molecule has 3 aromatic carbocycles. The number of rotatable bonds is 2. The van der Waals surface area contributed by atoms with E-state index in [1.807, 2.05) is 24.3 Å². The van der Waals surface area contributed by atoms with Gasteiger partial charge in [-0.2, -0.15) is 0 Å². The molecule has 1 aromatic heterocycles. The molecule has 8 nitrogen and oxygen atoms in total. The number of aryl methyl sites for hydroxylation is 1.